The number of pyridine rings is 1. The second-order valence-electron chi connectivity index (χ2n) is 6.64. The SMILES string of the molecule is COc1cc(Cl)c(C)cc1N1C(=O)[C@@H]2C[C@H]1CN2Cc1ccccn1. The van der Waals surface area contributed by atoms with Gasteiger partial charge in [-0.3, -0.25) is 14.7 Å². The predicted octanol–water partition coefficient (Wildman–Crippen LogP) is 3.04. The van der Waals surface area contributed by atoms with E-state index in [4.69, 9.17) is 16.3 Å². The molecule has 2 bridgehead atoms. The lowest BCUT2D eigenvalue weighted by Crippen LogP contribution is -2.50. The average Bonchev–Trinajstić information content (AvgIpc) is 3.15. The van der Waals surface area contributed by atoms with Crippen LogP contribution < -0.4 is 9.64 Å². The van der Waals surface area contributed by atoms with Crippen LogP contribution in [-0.2, 0) is 11.3 Å². The molecule has 0 N–H and O–H groups in total. The average molecular weight is 358 g/mol. The van der Waals surface area contributed by atoms with Gasteiger partial charge in [0, 0.05) is 30.4 Å². The van der Waals surface area contributed by atoms with E-state index >= 15 is 0 Å². The van der Waals surface area contributed by atoms with E-state index in [2.05, 4.69) is 9.88 Å². The van der Waals surface area contributed by atoms with Gasteiger partial charge in [0.2, 0.25) is 5.91 Å². The lowest BCUT2D eigenvalue weighted by molar-refractivity contribution is -0.122. The zero-order chi connectivity index (χ0) is 17.6. The molecular weight excluding hydrogens is 338 g/mol. The number of fused-ring (bicyclic) bond motifs is 2. The number of likely N-dealkylation sites (tertiary alicyclic amines) is 1. The summed E-state index contributed by atoms with van der Waals surface area (Å²) in [6.07, 6.45) is 2.63. The third-order valence-electron chi connectivity index (χ3n) is 5.08. The molecule has 2 saturated heterocycles. The van der Waals surface area contributed by atoms with Crippen molar-refractivity contribution in [3.63, 3.8) is 0 Å². The van der Waals surface area contributed by atoms with Crippen LogP contribution in [0.1, 0.15) is 17.7 Å². The van der Waals surface area contributed by atoms with Crippen LogP contribution in [0.15, 0.2) is 36.5 Å². The zero-order valence-corrected chi connectivity index (χ0v) is 15.0. The van der Waals surface area contributed by atoms with E-state index in [9.17, 15) is 4.79 Å². The van der Waals surface area contributed by atoms with Gasteiger partial charge in [-0.15, -0.1) is 0 Å². The third-order valence-corrected chi connectivity index (χ3v) is 5.49. The normalized spacial score (nSPS) is 22.7. The number of methoxy groups -OCH3 is 1. The van der Waals surface area contributed by atoms with E-state index in [-0.39, 0.29) is 18.0 Å². The number of carbonyl (C=O) groups is 1. The predicted molar refractivity (Wildman–Crippen MR) is 97.1 cm³/mol. The van der Waals surface area contributed by atoms with Gasteiger partial charge in [-0.2, -0.15) is 0 Å². The Balaban J connectivity index is 1.59. The highest BCUT2D eigenvalue weighted by molar-refractivity contribution is 6.31. The number of piperazine rings is 1. The Morgan fingerprint density at radius 1 is 1.36 bits per heavy atom. The first-order chi connectivity index (χ1) is 12.1. The fourth-order valence-electron chi connectivity index (χ4n) is 3.85. The molecule has 2 aliphatic rings. The van der Waals surface area contributed by atoms with Gasteiger partial charge < -0.3 is 9.64 Å². The summed E-state index contributed by atoms with van der Waals surface area (Å²) in [5.74, 6) is 0.778. The number of ether oxygens (including phenoxy) is 1. The zero-order valence-electron chi connectivity index (χ0n) is 14.3. The van der Waals surface area contributed by atoms with Crippen LogP contribution >= 0.6 is 11.6 Å². The molecular formula is C19H20ClN3O2. The number of nitrogens with zero attached hydrogens (tertiary/aromatic N) is 3. The van der Waals surface area contributed by atoms with E-state index in [1.54, 1.807) is 19.4 Å². The number of carbonyl (C=O) groups excluding carboxylic acids is 1. The summed E-state index contributed by atoms with van der Waals surface area (Å²) in [4.78, 5) is 21.5. The first-order valence-corrected chi connectivity index (χ1v) is 8.77. The maximum atomic E-state index is 13.0. The van der Waals surface area contributed by atoms with Crippen molar-refractivity contribution in [2.24, 2.45) is 0 Å². The van der Waals surface area contributed by atoms with E-state index in [0.29, 0.717) is 17.3 Å². The summed E-state index contributed by atoms with van der Waals surface area (Å²) in [7, 11) is 1.61. The molecule has 1 amide bonds. The second-order valence-corrected chi connectivity index (χ2v) is 7.04. The summed E-state index contributed by atoms with van der Waals surface area (Å²) < 4.78 is 5.47. The summed E-state index contributed by atoms with van der Waals surface area (Å²) in [6.45, 7) is 3.49. The largest absolute Gasteiger partial charge is 0.495 e. The van der Waals surface area contributed by atoms with Crippen LogP contribution in [0.2, 0.25) is 5.02 Å². The van der Waals surface area contributed by atoms with Gasteiger partial charge in [-0.1, -0.05) is 17.7 Å². The molecule has 2 aliphatic heterocycles. The molecule has 6 heteroatoms. The molecule has 2 aromatic rings. The first kappa shape index (κ1) is 16.4. The van der Waals surface area contributed by atoms with Gasteiger partial charge in [0.25, 0.3) is 0 Å². The molecule has 25 heavy (non-hydrogen) atoms. The number of hydrogen-bond acceptors (Lipinski definition) is 4. The molecule has 1 aromatic heterocycles. The van der Waals surface area contributed by atoms with Crippen LogP contribution in [0.5, 0.6) is 5.75 Å². The molecule has 0 unspecified atom stereocenters. The minimum absolute atomic E-state index is 0.0901. The molecule has 2 fully saturated rings. The fraction of sp³-hybridized carbons (Fsp3) is 0.368. The highest BCUT2D eigenvalue weighted by atomic mass is 35.5. The molecule has 2 atom stereocenters. The van der Waals surface area contributed by atoms with E-state index < -0.39 is 0 Å². The number of benzene rings is 1. The molecule has 1 aromatic carbocycles. The Bertz CT molecular complexity index is 812. The lowest BCUT2D eigenvalue weighted by Gasteiger charge is -2.34. The fourth-order valence-corrected chi connectivity index (χ4v) is 4.01. The van der Waals surface area contributed by atoms with Crippen molar-refractivity contribution >= 4 is 23.2 Å². The number of aryl methyl sites for hydroxylation is 1. The van der Waals surface area contributed by atoms with Crippen LogP contribution in [-0.4, -0.2) is 41.5 Å². The molecule has 3 heterocycles. The summed E-state index contributed by atoms with van der Waals surface area (Å²) in [6, 6.07) is 9.69. The molecule has 4 rings (SSSR count). The number of anilines is 1. The van der Waals surface area contributed by atoms with Crippen LogP contribution in [0, 0.1) is 6.92 Å². The molecule has 0 radical (unpaired) electrons. The summed E-state index contributed by atoms with van der Waals surface area (Å²) in [5.41, 5.74) is 2.76. The Labute approximate surface area is 152 Å². The quantitative estimate of drug-likeness (QED) is 0.843. The van der Waals surface area contributed by atoms with Gasteiger partial charge in [-0.25, -0.2) is 0 Å². The van der Waals surface area contributed by atoms with Gasteiger partial charge in [0.1, 0.15) is 5.75 Å². The molecule has 0 spiro atoms. The Morgan fingerprint density at radius 2 is 2.20 bits per heavy atom. The Kier molecular flexibility index (Phi) is 4.13. The number of amides is 1. The van der Waals surface area contributed by atoms with E-state index in [1.807, 2.05) is 36.1 Å². The van der Waals surface area contributed by atoms with Crippen LogP contribution in [0.25, 0.3) is 0 Å². The molecule has 0 saturated carbocycles. The van der Waals surface area contributed by atoms with Crippen molar-refractivity contribution in [3.8, 4) is 5.75 Å². The van der Waals surface area contributed by atoms with Crippen molar-refractivity contribution in [1.29, 1.82) is 0 Å². The minimum Gasteiger partial charge on any atom is -0.495 e. The number of halogens is 1. The monoisotopic (exact) mass is 357 g/mol. The van der Waals surface area contributed by atoms with Crippen molar-refractivity contribution < 1.29 is 9.53 Å². The Morgan fingerprint density at radius 3 is 2.88 bits per heavy atom. The molecule has 5 nitrogen and oxygen atoms in total. The maximum absolute atomic E-state index is 13.0. The molecule has 130 valence electrons. The van der Waals surface area contributed by atoms with E-state index in [1.165, 1.54) is 0 Å². The lowest BCUT2D eigenvalue weighted by atomic mass is 10.1. The highest BCUT2D eigenvalue weighted by Crippen LogP contribution is 2.42. The first-order valence-electron chi connectivity index (χ1n) is 8.39. The number of rotatable bonds is 4. The van der Waals surface area contributed by atoms with Crippen molar-refractivity contribution in [1.82, 2.24) is 9.88 Å². The van der Waals surface area contributed by atoms with Gasteiger partial charge in [-0.05, 0) is 37.1 Å². The van der Waals surface area contributed by atoms with Crippen LogP contribution in [0.3, 0.4) is 0 Å². The second kappa shape index (κ2) is 6.32. The topological polar surface area (TPSA) is 45.7 Å². The Hall–Kier alpha value is -2.11. The van der Waals surface area contributed by atoms with Gasteiger partial charge >= 0.3 is 0 Å². The van der Waals surface area contributed by atoms with Crippen molar-refractivity contribution in [2.45, 2.75) is 32.0 Å². The third kappa shape index (κ3) is 2.77. The van der Waals surface area contributed by atoms with Crippen LogP contribution in [0.4, 0.5) is 5.69 Å². The maximum Gasteiger partial charge on any atom is 0.244 e. The van der Waals surface area contributed by atoms with Gasteiger partial charge in [0.15, 0.2) is 0 Å². The van der Waals surface area contributed by atoms with Crippen molar-refractivity contribution in [3.05, 3.63) is 52.8 Å². The molecule has 0 aliphatic carbocycles. The van der Waals surface area contributed by atoms with Crippen molar-refractivity contribution in [2.75, 3.05) is 18.6 Å². The number of aromatic nitrogens is 1. The smallest absolute Gasteiger partial charge is 0.244 e. The highest BCUT2D eigenvalue weighted by Gasteiger charge is 2.50. The summed E-state index contributed by atoms with van der Waals surface area (Å²) in [5, 5.41) is 0.647. The summed E-state index contributed by atoms with van der Waals surface area (Å²) >= 11 is 6.20. The van der Waals surface area contributed by atoms with Gasteiger partial charge in [0.05, 0.1) is 30.6 Å². The minimum atomic E-state index is -0.0901. The number of hydrogen-bond donors (Lipinski definition) is 0. The standard InChI is InChI=1S/C19H20ClN3O2/c1-12-7-16(18(25-2)9-15(12)20)23-14-8-17(19(23)24)22(11-14)10-13-5-3-4-6-21-13/h3-7,9,14,17H,8,10-11H2,1-2H3/t14-,17-/m0/s1. The van der Waals surface area contributed by atoms with E-state index in [0.717, 1.165) is 29.9 Å².